The van der Waals surface area contributed by atoms with Crippen molar-refractivity contribution in [3.8, 4) is 5.75 Å². The highest BCUT2D eigenvalue weighted by Gasteiger charge is 2.38. The standard InChI is InChI=1S/C32H35FN4O5/c1-19(26-11-10-25(41-3)17-22(26)7-6-21-4-5-21)35-32(40)30-20(2)42-15-14-37(30)29(38)18-34-31(39)28-12-8-23-16-24(33)9-13-27(23)36-28/h6-13,16-17,19-21,30H,4-5,14-15,18H2,1-3H3,(H,34,39)(H,35,40)/b7-6+/t19-,20+,30-/m0/s1. The Morgan fingerprint density at radius 2 is 1.98 bits per heavy atom. The number of ether oxygens (including phenoxy) is 2. The van der Waals surface area contributed by atoms with Crippen molar-refractivity contribution in [3.63, 3.8) is 0 Å². The Hall–Kier alpha value is -4.31. The normalized spacial score (nSPS) is 19.5. The summed E-state index contributed by atoms with van der Waals surface area (Å²) in [4.78, 5) is 45.3. The highest BCUT2D eigenvalue weighted by Crippen LogP contribution is 2.32. The summed E-state index contributed by atoms with van der Waals surface area (Å²) >= 11 is 0. The van der Waals surface area contributed by atoms with Crippen LogP contribution in [-0.2, 0) is 14.3 Å². The monoisotopic (exact) mass is 574 g/mol. The van der Waals surface area contributed by atoms with Gasteiger partial charge < -0.3 is 25.0 Å². The van der Waals surface area contributed by atoms with Crippen LogP contribution in [0.1, 0.15) is 54.3 Å². The lowest BCUT2D eigenvalue weighted by atomic mass is 9.99. The number of hydrogen-bond donors (Lipinski definition) is 2. The van der Waals surface area contributed by atoms with E-state index in [1.807, 2.05) is 25.1 Å². The average Bonchev–Trinajstić information content (AvgIpc) is 3.82. The Morgan fingerprint density at radius 1 is 1.17 bits per heavy atom. The van der Waals surface area contributed by atoms with Crippen LogP contribution in [0.5, 0.6) is 5.75 Å². The molecule has 10 heteroatoms. The Balaban J connectivity index is 1.25. The van der Waals surface area contributed by atoms with Crippen molar-refractivity contribution in [2.24, 2.45) is 5.92 Å². The molecule has 0 spiro atoms. The number of benzene rings is 2. The van der Waals surface area contributed by atoms with E-state index in [1.165, 1.54) is 42.0 Å². The van der Waals surface area contributed by atoms with Gasteiger partial charge >= 0.3 is 0 Å². The van der Waals surface area contributed by atoms with Crippen LogP contribution in [0.4, 0.5) is 4.39 Å². The molecular weight excluding hydrogens is 539 g/mol. The fraction of sp³-hybridized carbons (Fsp3) is 0.375. The summed E-state index contributed by atoms with van der Waals surface area (Å²) in [6.07, 6.45) is 6.09. The van der Waals surface area contributed by atoms with Gasteiger partial charge in [0.05, 0.1) is 37.9 Å². The third-order valence-corrected chi connectivity index (χ3v) is 7.66. The molecule has 3 aromatic rings. The molecule has 5 rings (SSSR count). The molecule has 0 unspecified atom stereocenters. The number of methoxy groups -OCH3 is 1. The molecule has 1 aromatic heterocycles. The number of morpholine rings is 1. The molecule has 3 atom stereocenters. The first-order valence-corrected chi connectivity index (χ1v) is 14.2. The lowest BCUT2D eigenvalue weighted by Gasteiger charge is -2.39. The number of fused-ring (bicyclic) bond motifs is 1. The van der Waals surface area contributed by atoms with Crippen LogP contribution in [0.15, 0.2) is 54.6 Å². The Morgan fingerprint density at radius 3 is 2.74 bits per heavy atom. The van der Waals surface area contributed by atoms with Gasteiger partial charge in [-0.1, -0.05) is 24.3 Å². The molecule has 0 bridgehead atoms. The Labute approximate surface area is 244 Å². The number of hydrogen-bond acceptors (Lipinski definition) is 6. The number of nitrogens with one attached hydrogen (secondary N) is 2. The minimum absolute atomic E-state index is 0.103. The number of pyridine rings is 1. The molecular formula is C32H35FN4O5. The second-order valence-electron chi connectivity index (χ2n) is 10.7. The maximum absolute atomic E-state index is 13.6. The maximum atomic E-state index is 13.6. The van der Waals surface area contributed by atoms with Gasteiger partial charge in [0, 0.05) is 11.9 Å². The summed E-state index contributed by atoms with van der Waals surface area (Å²) in [5.74, 6) is -0.367. The number of allylic oxidation sites excluding steroid dienone is 1. The van der Waals surface area contributed by atoms with Crippen LogP contribution in [0.25, 0.3) is 17.0 Å². The van der Waals surface area contributed by atoms with Gasteiger partial charge in [-0.2, -0.15) is 0 Å². The van der Waals surface area contributed by atoms with Crippen LogP contribution >= 0.6 is 0 Å². The Bertz CT molecular complexity index is 1520. The molecule has 2 aromatic carbocycles. The van der Waals surface area contributed by atoms with Crippen molar-refractivity contribution in [1.29, 1.82) is 0 Å². The largest absolute Gasteiger partial charge is 0.497 e. The second-order valence-corrected chi connectivity index (χ2v) is 10.7. The van der Waals surface area contributed by atoms with Crippen molar-refractivity contribution in [2.75, 3.05) is 26.8 Å². The first kappa shape index (κ1) is 29.2. The molecule has 1 saturated heterocycles. The van der Waals surface area contributed by atoms with E-state index in [-0.39, 0.29) is 37.3 Å². The number of carbonyl (C=O) groups is 3. The molecule has 0 radical (unpaired) electrons. The highest BCUT2D eigenvalue weighted by molar-refractivity contribution is 5.97. The van der Waals surface area contributed by atoms with Crippen molar-refractivity contribution >= 4 is 34.7 Å². The van der Waals surface area contributed by atoms with Crippen LogP contribution in [-0.4, -0.2) is 66.6 Å². The molecule has 1 aliphatic heterocycles. The summed E-state index contributed by atoms with van der Waals surface area (Å²) in [5, 5.41) is 6.23. The van der Waals surface area contributed by atoms with Gasteiger partial charge in [0.15, 0.2) is 0 Å². The third-order valence-electron chi connectivity index (χ3n) is 7.66. The lowest BCUT2D eigenvalue weighted by molar-refractivity contribution is -0.154. The summed E-state index contributed by atoms with van der Waals surface area (Å²) in [6, 6.07) is 11.7. The zero-order chi connectivity index (χ0) is 29.8. The van der Waals surface area contributed by atoms with Gasteiger partial charge in [0.2, 0.25) is 11.8 Å². The topological polar surface area (TPSA) is 110 Å². The molecule has 2 aliphatic rings. The number of rotatable bonds is 9. The van der Waals surface area contributed by atoms with E-state index in [9.17, 15) is 18.8 Å². The molecule has 1 saturated carbocycles. The van der Waals surface area contributed by atoms with Gasteiger partial charge in [0.25, 0.3) is 5.91 Å². The average molecular weight is 575 g/mol. The quantitative estimate of drug-likeness (QED) is 0.400. The Kier molecular flexibility index (Phi) is 8.82. The van der Waals surface area contributed by atoms with Gasteiger partial charge in [-0.05, 0) is 80.1 Å². The summed E-state index contributed by atoms with van der Waals surface area (Å²) in [6.45, 7) is 3.83. The van der Waals surface area contributed by atoms with Gasteiger partial charge in [0.1, 0.15) is 23.3 Å². The maximum Gasteiger partial charge on any atom is 0.270 e. The minimum Gasteiger partial charge on any atom is -0.497 e. The summed E-state index contributed by atoms with van der Waals surface area (Å²) in [5.41, 5.74) is 2.46. The van der Waals surface area contributed by atoms with E-state index < -0.39 is 29.8 Å². The fourth-order valence-electron chi connectivity index (χ4n) is 5.15. The predicted molar refractivity (Wildman–Crippen MR) is 156 cm³/mol. The van der Waals surface area contributed by atoms with E-state index in [4.69, 9.17) is 9.47 Å². The predicted octanol–water partition coefficient (Wildman–Crippen LogP) is 4.03. The number of carbonyl (C=O) groups excluding carboxylic acids is 3. The van der Waals surface area contributed by atoms with E-state index in [0.717, 1.165) is 16.9 Å². The van der Waals surface area contributed by atoms with E-state index in [2.05, 4.69) is 27.8 Å². The zero-order valence-electron chi connectivity index (χ0n) is 23.9. The van der Waals surface area contributed by atoms with Gasteiger partial charge in [-0.15, -0.1) is 0 Å². The molecule has 220 valence electrons. The number of aromatic nitrogens is 1. The van der Waals surface area contributed by atoms with Crippen LogP contribution in [0.2, 0.25) is 0 Å². The number of amides is 3. The van der Waals surface area contributed by atoms with Crippen LogP contribution in [0.3, 0.4) is 0 Å². The fourth-order valence-corrected chi connectivity index (χ4v) is 5.15. The van der Waals surface area contributed by atoms with Crippen LogP contribution in [0, 0.1) is 11.7 Å². The molecule has 2 heterocycles. The zero-order valence-corrected chi connectivity index (χ0v) is 23.9. The highest BCUT2D eigenvalue weighted by atomic mass is 19.1. The second kappa shape index (κ2) is 12.7. The first-order chi connectivity index (χ1) is 20.2. The van der Waals surface area contributed by atoms with Crippen LogP contribution < -0.4 is 15.4 Å². The van der Waals surface area contributed by atoms with E-state index in [1.54, 1.807) is 20.1 Å². The molecule has 3 amide bonds. The first-order valence-electron chi connectivity index (χ1n) is 14.2. The van der Waals surface area contributed by atoms with E-state index in [0.29, 0.717) is 16.8 Å². The molecule has 42 heavy (non-hydrogen) atoms. The van der Waals surface area contributed by atoms with Crippen molar-refractivity contribution in [2.45, 2.75) is 44.9 Å². The number of halogens is 1. The smallest absolute Gasteiger partial charge is 0.270 e. The molecule has 1 aliphatic carbocycles. The number of nitrogens with zero attached hydrogens (tertiary/aromatic N) is 2. The van der Waals surface area contributed by atoms with Crippen molar-refractivity contribution < 1.29 is 28.2 Å². The summed E-state index contributed by atoms with van der Waals surface area (Å²) < 4.78 is 24.6. The van der Waals surface area contributed by atoms with Crippen molar-refractivity contribution in [1.82, 2.24) is 20.5 Å². The van der Waals surface area contributed by atoms with Gasteiger partial charge in [-0.3, -0.25) is 14.4 Å². The van der Waals surface area contributed by atoms with E-state index >= 15 is 0 Å². The molecule has 9 nitrogen and oxygen atoms in total. The summed E-state index contributed by atoms with van der Waals surface area (Å²) in [7, 11) is 1.62. The third kappa shape index (κ3) is 6.76. The molecule has 2 N–H and O–H groups in total. The van der Waals surface area contributed by atoms with Gasteiger partial charge in [-0.25, -0.2) is 9.37 Å². The van der Waals surface area contributed by atoms with Crippen molar-refractivity contribution in [3.05, 3.63) is 77.2 Å². The SMILES string of the molecule is COc1ccc([C@H](C)NC(=O)[C@@H]2[C@@H](C)OCCN2C(=O)CNC(=O)c2ccc3cc(F)ccc3n2)c(/C=C/C2CC2)c1. The minimum atomic E-state index is -0.872. The molecule has 2 fully saturated rings. The lowest BCUT2D eigenvalue weighted by Crippen LogP contribution is -2.61.